The number of aromatic amines is 1. The van der Waals surface area contributed by atoms with Gasteiger partial charge in [-0.15, -0.1) is 0 Å². The highest BCUT2D eigenvalue weighted by Crippen LogP contribution is 2.24. The summed E-state index contributed by atoms with van der Waals surface area (Å²) in [5, 5.41) is 6.52. The van der Waals surface area contributed by atoms with Crippen molar-refractivity contribution in [2.24, 2.45) is 0 Å². The third-order valence-electron chi connectivity index (χ3n) is 6.64. The molecule has 194 valence electrons. The van der Waals surface area contributed by atoms with Crippen molar-refractivity contribution in [1.82, 2.24) is 20.5 Å². The molecule has 1 aliphatic heterocycles. The van der Waals surface area contributed by atoms with Crippen molar-refractivity contribution in [1.29, 1.82) is 0 Å². The van der Waals surface area contributed by atoms with Gasteiger partial charge in [0.25, 0.3) is 0 Å². The first kappa shape index (κ1) is 26.5. The molecule has 1 saturated heterocycles. The maximum atomic E-state index is 13.7. The number of fused-ring (bicyclic) bond motifs is 1. The number of amides is 3. The molecule has 3 amide bonds. The topological polar surface area (TPSA) is 94.3 Å². The van der Waals surface area contributed by atoms with Crippen LogP contribution in [0.15, 0.2) is 53.1 Å². The lowest BCUT2D eigenvalue weighted by atomic mass is 9.86. The number of nitrogens with zero attached hydrogens (tertiary/aromatic N) is 1. The van der Waals surface area contributed by atoms with Crippen molar-refractivity contribution < 1.29 is 23.2 Å². The first-order valence-electron chi connectivity index (χ1n) is 11.9. The molecule has 1 fully saturated rings. The SMILES string of the molecule is CC(=O)N1CCC(NC(=O)C=Cc2ccc(F)c(Br)c2)(C(=O)NCCc2c[nH]c3ccc(F)cc23)CC1. The maximum absolute atomic E-state index is 13.7. The number of nitrogens with one attached hydrogen (secondary N) is 3. The maximum Gasteiger partial charge on any atom is 0.245 e. The first-order valence-corrected chi connectivity index (χ1v) is 12.7. The third kappa shape index (κ3) is 6.25. The number of carbonyl (C=O) groups is 3. The van der Waals surface area contributed by atoms with Gasteiger partial charge in [-0.3, -0.25) is 14.4 Å². The van der Waals surface area contributed by atoms with Crippen LogP contribution < -0.4 is 10.6 Å². The van der Waals surface area contributed by atoms with Gasteiger partial charge in [0.15, 0.2) is 0 Å². The number of halogens is 3. The quantitative estimate of drug-likeness (QED) is 0.372. The molecule has 2 heterocycles. The van der Waals surface area contributed by atoms with E-state index in [9.17, 15) is 23.2 Å². The van der Waals surface area contributed by atoms with E-state index < -0.39 is 17.3 Å². The van der Waals surface area contributed by atoms with Crippen LogP contribution in [-0.4, -0.2) is 52.8 Å². The molecule has 0 aliphatic carbocycles. The molecular formula is C27H27BrF2N4O3. The molecule has 4 rings (SSSR count). The molecule has 0 saturated carbocycles. The summed E-state index contributed by atoms with van der Waals surface area (Å²) in [6, 6.07) is 8.87. The third-order valence-corrected chi connectivity index (χ3v) is 7.25. The van der Waals surface area contributed by atoms with Crippen LogP contribution in [0.25, 0.3) is 17.0 Å². The van der Waals surface area contributed by atoms with Gasteiger partial charge in [0.2, 0.25) is 17.7 Å². The Kier molecular flexibility index (Phi) is 8.06. The van der Waals surface area contributed by atoms with Gasteiger partial charge < -0.3 is 20.5 Å². The van der Waals surface area contributed by atoms with Crippen molar-refractivity contribution in [3.63, 3.8) is 0 Å². The molecular weight excluding hydrogens is 546 g/mol. The van der Waals surface area contributed by atoms with E-state index in [1.54, 1.807) is 23.2 Å². The van der Waals surface area contributed by atoms with Gasteiger partial charge in [0.05, 0.1) is 4.47 Å². The zero-order chi connectivity index (χ0) is 26.6. The normalized spacial score (nSPS) is 15.2. The van der Waals surface area contributed by atoms with Crippen molar-refractivity contribution in [3.8, 4) is 0 Å². The van der Waals surface area contributed by atoms with Gasteiger partial charge >= 0.3 is 0 Å². The number of rotatable bonds is 7. The van der Waals surface area contributed by atoms with Crippen molar-refractivity contribution in [2.45, 2.75) is 31.7 Å². The second-order valence-electron chi connectivity index (χ2n) is 9.09. The van der Waals surface area contributed by atoms with Crippen LogP contribution in [0.3, 0.4) is 0 Å². The fraction of sp³-hybridized carbons (Fsp3) is 0.296. The molecule has 1 aromatic heterocycles. The number of hydrogen-bond donors (Lipinski definition) is 3. The van der Waals surface area contributed by atoms with E-state index in [4.69, 9.17) is 0 Å². The summed E-state index contributed by atoms with van der Waals surface area (Å²) in [6.07, 6.45) is 5.62. The summed E-state index contributed by atoms with van der Waals surface area (Å²) in [7, 11) is 0. The summed E-state index contributed by atoms with van der Waals surface area (Å²) in [4.78, 5) is 42.7. The van der Waals surface area contributed by atoms with Gasteiger partial charge in [-0.25, -0.2) is 8.78 Å². The van der Waals surface area contributed by atoms with Crippen LogP contribution >= 0.6 is 15.9 Å². The second-order valence-corrected chi connectivity index (χ2v) is 9.95. The minimum Gasteiger partial charge on any atom is -0.361 e. The minimum absolute atomic E-state index is 0.0892. The first-order chi connectivity index (χ1) is 17.7. The van der Waals surface area contributed by atoms with E-state index in [0.717, 1.165) is 16.5 Å². The lowest BCUT2D eigenvalue weighted by Crippen LogP contribution is -2.63. The van der Waals surface area contributed by atoms with Gasteiger partial charge in [-0.2, -0.15) is 0 Å². The fourth-order valence-corrected chi connectivity index (χ4v) is 4.91. The number of piperidine rings is 1. The summed E-state index contributed by atoms with van der Waals surface area (Å²) in [5.74, 6) is -1.65. The highest BCUT2D eigenvalue weighted by molar-refractivity contribution is 9.10. The Hall–Kier alpha value is -3.53. The van der Waals surface area contributed by atoms with Crippen LogP contribution in [0, 0.1) is 11.6 Å². The van der Waals surface area contributed by atoms with E-state index in [-0.39, 0.29) is 41.5 Å². The summed E-state index contributed by atoms with van der Waals surface area (Å²) in [6.45, 7) is 2.42. The molecule has 2 aromatic carbocycles. The zero-order valence-electron chi connectivity index (χ0n) is 20.2. The number of likely N-dealkylation sites (tertiary alicyclic amines) is 1. The highest BCUT2D eigenvalue weighted by atomic mass is 79.9. The molecule has 0 radical (unpaired) electrons. The Bertz CT molecular complexity index is 1360. The number of benzene rings is 2. The van der Waals surface area contributed by atoms with Gasteiger partial charge in [-0.1, -0.05) is 6.07 Å². The van der Waals surface area contributed by atoms with E-state index in [2.05, 4.69) is 31.5 Å². The Morgan fingerprint density at radius 2 is 1.89 bits per heavy atom. The molecule has 3 N–H and O–H groups in total. The number of H-pyrrole nitrogens is 1. The lowest BCUT2D eigenvalue weighted by molar-refractivity contribution is -0.138. The predicted octanol–water partition coefficient (Wildman–Crippen LogP) is 4.08. The summed E-state index contributed by atoms with van der Waals surface area (Å²) >= 11 is 3.12. The van der Waals surface area contributed by atoms with Crippen LogP contribution in [0.4, 0.5) is 8.78 Å². The number of aromatic nitrogens is 1. The van der Waals surface area contributed by atoms with Crippen LogP contribution in [0.5, 0.6) is 0 Å². The fourth-order valence-electron chi connectivity index (χ4n) is 4.51. The smallest absolute Gasteiger partial charge is 0.245 e. The van der Waals surface area contributed by atoms with E-state index >= 15 is 0 Å². The van der Waals surface area contributed by atoms with E-state index in [0.29, 0.717) is 25.1 Å². The summed E-state index contributed by atoms with van der Waals surface area (Å²) in [5.41, 5.74) is 1.10. The average Bonchev–Trinajstić information content (AvgIpc) is 3.27. The highest BCUT2D eigenvalue weighted by Gasteiger charge is 2.42. The predicted molar refractivity (Wildman–Crippen MR) is 140 cm³/mol. The van der Waals surface area contributed by atoms with Crippen LogP contribution in [0.1, 0.15) is 30.9 Å². The summed E-state index contributed by atoms with van der Waals surface area (Å²) < 4.78 is 27.4. The van der Waals surface area contributed by atoms with Crippen molar-refractivity contribution in [2.75, 3.05) is 19.6 Å². The standard InChI is InChI=1S/C27H27BrF2N4O3/c1-17(35)34-12-9-27(10-13-34,33-25(36)7-3-18-2-5-23(30)22(28)14-18)26(37)31-11-8-19-16-32-24-6-4-20(29)15-21(19)24/h2-7,14-16,32H,8-13H2,1H3,(H,31,37)(H,33,36). The number of hydrogen-bond acceptors (Lipinski definition) is 3. The Morgan fingerprint density at radius 1 is 1.14 bits per heavy atom. The Labute approximate surface area is 221 Å². The second kappa shape index (κ2) is 11.2. The Balaban J connectivity index is 1.44. The molecule has 0 atom stereocenters. The van der Waals surface area contributed by atoms with Crippen molar-refractivity contribution in [3.05, 3.63) is 75.9 Å². The largest absolute Gasteiger partial charge is 0.361 e. The Morgan fingerprint density at radius 3 is 2.59 bits per heavy atom. The molecule has 3 aromatic rings. The molecule has 7 nitrogen and oxygen atoms in total. The van der Waals surface area contributed by atoms with Gasteiger partial charge in [0, 0.05) is 49.7 Å². The van der Waals surface area contributed by atoms with Crippen molar-refractivity contribution >= 4 is 50.6 Å². The van der Waals surface area contributed by atoms with Gasteiger partial charge in [-0.05, 0) is 82.7 Å². The minimum atomic E-state index is -1.19. The zero-order valence-corrected chi connectivity index (χ0v) is 21.8. The van der Waals surface area contributed by atoms with Gasteiger partial charge in [0.1, 0.15) is 17.2 Å². The van der Waals surface area contributed by atoms with E-state index in [1.807, 2.05) is 0 Å². The molecule has 0 bridgehead atoms. The molecule has 0 unspecified atom stereocenters. The average molecular weight is 573 g/mol. The van der Waals surface area contributed by atoms with Crippen LogP contribution in [-0.2, 0) is 20.8 Å². The number of carbonyl (C=O) groups excluding carboxylic acids is 3. The monoisotopic (exact) mass is 572 g/mol. The molecule has 37 heavy (non-hydrogen) atoms. The molecule has 10 heteroatoms. The van der Waals surface area contributed by atoms with E-state index in [1.165, 1.54) is 43.3 Å². The lowest BCUT2D eigenvalue weighted by Gasteiger charge is -2.40. The molecule has 0 spiro atoms. The molecule has 1 aliphatic rings. The van der Waals surface area contributed by atoms with Crippen LogP contribution in [0.2, 0.25) is 0 Å².